The number of phenols is 1. The quantitative estimate of drug-likeness (QED) is 0.342. The third kappa shape index (κ3) is 9.39. The van der Waals surface area contributed by atoms with E-state index in [4.69, 9.17) is 10.5 Å². The summed E-state index contributed by atoms with van der Waals surface area (Å²) in [5.74, 6) is -2.09. The summed E-state index contributed by atoms with van der Waals surface area (Å²) >= 11 is 0. The molecule has 0 aromatic heterocycles. The number of hydrogen-bond acceptors (Lipinski definition) is 6. The van der Waals surface area contributed by atoms with Crippen LogP contribution >= 0.6 is 0 Å². The molecule has 0 saturated heterocycles. The zero-order valence-electron chi connectivity index (χ0n) is 22.5. The molecule has 0 aliphatic carbocycles. The molecule has 36 heavy (non-hydrogen) atoms. The summed E-state index contributed by atoms with van der Waals surface area (Å²) in [5.41, 5.74) is 5.32. The van der Waals surface area contributed by atoms with Crippen molar-refractivity contribution in [2.45, 2.75) is 97.9 Å². The van der Waals surface area contributed by atoms with Crippen LogP contribution < -0.4 is 16.4 Å². The van der Waals surface area contributed by atoms with Gasteiger partial charge in [0.15, 0.2) is 0 Å². The molecule has 3 unspecified atom stereocenters. The predicted molar refractivity (Wildman–Crippen MR) is 137 cm³/mol. The molecule has 1 aromatic carbocycles. The van der Waals surface area contributed by atoms with Crippen LogP contribution in [0.4, 0.5) is 4.79 Å². The van der Waals surface area contributed by atoms with Crippen molar-refractivity contribution in [3.8, 4) is 5.75 Å². The average molecular weight is 507 g/mol. The molecule has 10 heteroatoms. The molecule has 5 N–H and O–H groups in total. The Hall–Kier alpha value is -3.30. The molecule has 0 saturated carbocycles. The van der Waals surface area contributed by atoms with Crippen LogP contribution in [0.25, 0.3) is 0 Å². The highest BCUT2D eigenvalue weighted by molar-refractivity contribution is 5.95. The first-order valence-electron chi connectivity index (χ1n) is 12.4. The number of nitrogens with two attached hydrogens (primary N) is 1. The van der Waals surface area contributed by atoms with E-state index in [9.17, 15) is 24.3 Å². The lowest BCUT2D eigenvalue weighted by atomic mass is 9.98. The number of ether oxygens (including phenoxy) is 1. The lowest BCUT2D eigenvalue weighted by Crippen LogP contribution is -2.54. The van der Waals surface area contributed by atoms with Crippen molar-refractivity contribution in [2.24, 2.45) is 5.73 Å². The topological polar surface area (TPSA) is 151 Å². The number of carbonyl (C=O) groups excluding carboxylic acids is 4. The average Bonchev–Trinajstić information content (AvgIpc) is 2.73. The van der Waals surface area contributed by atoms with E-state index >= 15 is 0 Å². The summed E-state index contributed by atoms with van der Waals surface area (Å²) in [5, 5.41) is 16.2. The van der Waals surface area contributed by atoms with Crippen molar-refractivity contribution in [3.05, 3.63) is 29.3 Å². The number of amides is 4. The second-order valence-corrected chi connectivity index (χ2v) is 10.0. The highest BCUT2D eigenvalue weighted by Crippen LogP contribution is 2.32. The predicted octanol–water partition coefficient (Wildman–Crippen LogP) is 3.05. The number of aryl methyl sites for hydroxylation is 1. The molecule has 4 amide bonds. The summed E-state index contributed by atoms with van der Waals surface area (Å²) in [4.78, 5) is 52.8. The maximum absolute atomic E-state index is 13.8. The van der Waals surface area contributed by atoms with Crippen LogP contribution in [0.15, 0.2) is 18.2 Å². The number of hydrogen-bond donors (Lipinski definition) is 4. The second kappa shape index (κ2) is 13.7. The number of rotatable bonds is 12. The van der Waals surface area contributed by atoms with Crippen molar-refractivity contribution in [1.29, 1.82) is 0 Å². The van der Waals surface area contributed by atoms with Gasteiger partial charge >= 0.3 is 6.09 Å². The summed E-state index contributed by atoms with van der Waals surface area (Å²) < 4.78 is 5.25. The fraction of sp³-hybridized carbons (Fsp3) is 0.615. The Kier molecular flexibility index (Phi) is 11.7. The Morgan fingerprint density at radius 3 is 2.28 bits per heavy atom. The number of phenolic OH excluding ortho intramolecular Hbond substituents is 1. The first kappa shape index (κ1) is 30.7. The van der Waals surface area contributed by atoms with Gasteiger partial charge in [0.1, 0.15) is 23.4 Å². The molecule has 3 atom stereocenters. The number of alkyl carbamates (subject to hydrolysis) is 1. The Balaban J connectivity index is 3.53. The van der Waals surface area contributed by atoms with E-state index in [-0.39, 0.29) is 23.9 Å². The van der Waals surface area contributed by atoms with E-state index in [1.54, 1.807) is 45.9 Å². The Morgan fingerprint density at radius 1 is 1.11 bits per heavy atom. The maximum Gasteiger partial charge on any atom is 0.408 e. The van der Waals surface area contributed by atoms with Gasteiger partial charge in [0.25, 0.3) is 0 Å². The first-order chi connectivity index (χ1) is 16.7. The summed E-state index contributed by atoms with van der Waals surface area (Å²) in [7, 11) is 0. The largest absolute Gasteiger partial charge is 0.507 e. The van der Waals surface area contributed by atoms with Crippen LogP contribution in [-0.2, 0) is 19.1 Å². The summed E-state index contributed by atoms with van der Waals surface area (Å²) in [6.45, 7) is 12.5. The highest BCUT2D eigenvalue weighted by atomic mass is 16.6. The monoisotopic (exact) mass is 506 g/mol. The molecule has 202 valence electrons. The Bertz CT molecular complexity index is 927. The second-order valence-electron chi connectivity index (χ2n) is 10.0. The lowest BCUT2D eigenvalue weighted by Gasteiger charge is -2.35. The number of para-hydroxylation sites is 1. The minimum absolute atomic E-state index is 0.110. The van der Waals surface area contributed by atoms with E-state index in [1.807, 2.05) is 20.8 Å². The van der Waals surface area contributed by atoms with Crippen molar-refractivity contribution in [1.82, 2.24) is 15.5 Å². The van der Waals surface area contributed by atoms with Crippen LogP contribution in [-0.4, -0.2) is 58.1 Å². The van der Waals surface area contributed by atoms with Gasteiger partial charge in [-0.25, -0.2) is 4.79 Å². The molecule has 0 bridgehead atoms. The number of aromatic hydroxyl groups is 1. The van der Waals surface area contributed by atoms with Gasteiger partial charge in [-0.2, -0.15) is 0 Å². The molecule has 0 radical (unpaired) electrons. The summed E-state index contributed by atoms with van der Waals surface area (Å²) in [6.07, 6.45) is 0.667. The zero-order chi connectivity index (χ0) is 27.6. The van der Waals surface area contributed by atoms with Gasteiger partial charge in [-0.3, -0.25) is 14.4 Å². The van der Waals surface area contributed by atoms with Crippen LogP contribution in [0.5, 0.6) is 5.75 Å². The first-order valence-corrected chi connectivity index (χ1v) is 12.4. The third-order valence-corrected chi connectivity index (χ3v) is 5.38. The number of nitrogens with zero attached hydrogens (tertiary/aromatic N) is 1. The van der Waals surface area contributed by atoms with Gasteiger partial charge in [0.05, 0.1) is 6.42 Å². The molecule has 0 fully saturated rings. The fourth-order valence-electron chi connectivity index (χ4n) is 3.84. The van der Waals surface area contributed by atoms with Gasteiger partial charge < -0.3 is 31.1 Å². The number of benzene rings is 1. The van der Waals surface area contributed by atoms with Crippen LogP contribution in [0, 0.1) is 6.92 Å². The normalized spacial score (nSPS) is 13.8. The van der Waals surface area contributed by atoms with E-state index < -0.39 is 47.9 Å². The Morgan fingerprint density at radius 2 is 1.75 bits per heavy atom. The fourth-order valence-corrected chi connectivity index (χ4v) is 3.84. The van der Waals surface area contributed by atoms with Gasteiger partial charge in [0, 0.05) is 18.2 Å². The zero-order valence-corrected chi connectivity index (χ0v) is 22.5. The number of carbonyl (C=O) groups is 4. The molecule has 1 aromatic rings. The van der Waals surface area contributed by atoms with Gasteiger partial charge in [-0.15, -0.1) is 0 Å². The summed E-state index contributed by atoms with van der Waals surface area (Å²) in [6, 6.07) is 2.23. The van der Waals surface area contributed by atoms with Crippen molar-refractivity contribution < 1.29 is 29.0 Å². The lowest BCUT2D eigenvalue weighted by molar-refractivity contribution is -0.143. The van der Waals surface area contributed by atoms with Gasteiger partial charge in [0.2, 0.25) is 17.7 Å². The van der Waals surface area contributed by atoms with E-state index in [1.165, 1.54) is 4.90 Å². The third-order valence-electron chi connectivity index (χ3n) is 5.38. The molecule has 0 aliphatic heterocycles. The van der Waals surface area contributed by atoms with Gasteiger partial charge in [-0.05, 0) is 53.0 Å². The molecule has 0 heterocycles. The van der Waals surface area contributed by atoms with Crippen molar-refractivity contribution >= 4 is 23.8 Å². The maximum atomic E-state index is 13.8. The minimum Gasteiger partial charge on any atom is -0.507 e. The minimum atomic E-state index is -1.36. The molecular formula is C26H42N4O6. The Labute approximate surface area is 213 Å². The van der Waals surface area contributed by atoms with Crippen LogP contribution in [0.2, 0.25) is 0 Å². The van der Waals surface area contributed by atoms with Crippen LogP contribution in [0.3, 0.4) is 0 Å². The van der Waals surface area contributed by atoms with Crippen LogP contribution in [0.1, 0.15) is 84.4 Å². The molecular weight excluding hydrogens is 464 g/mol. The van der Waals surface area contributed by atoms with Gasteiger partial charge in [-0.1, -0.05) is 38.5 Å². The van der Waals surface area contributed by atoms with E-state index in [0.717, 1.165) is 12.8 Å². The molecule has 0 spiro atoms. The molecule has 0 aliphatic rings. The SMILES string of the molecule is CCCC(C)NC(=O)C(c1cccc(C)c1O)N(CCC)C(=O)C(CC(N)=O)NC(=O)OC(C)(C)C. The standard InChI is InChI=1S/C26H42N4O6/c1-8-11-17(4)28-23(33)21(18-13-10-12-16(3)22(18)32)30(14-9-2)24(34)19(15-20(27)31)29-25(35)36-26(5,6)7/h10,12-13,17,19,21,32H,8-9,11,14-15H2,1-7H3,(H2,27,31)(H,28,33)(H,29,35). The van der Waals surface area contributed by atoms with E-state index in [2.05, 4.69) is 10.6 Å². The van der Waals surface area contributed by atoms with Crippen molar-refractivity contribution in [3.63, 3.8) is 0 Å². The van der Waals surface area contributed by atoms with Crippen molar-refractivity contribution in [2.75, 3.05) is 6.54 Å². The molecule has 10 nitrogen and oxygen atoms in total. The number of primary amides is 1. The highest BCUT2D eigenvalue weighted by Gasteiger charge is 2.38. The smallest absolute Gasteiger partial charge is 0.408 e. The van der Waals surface area contributed by atoms with E-state index in [0.29, 0.717) is 12.0 Å². The molecule has 1 rings (SSSR count). The number of nitrogens with one attached hydrogen (secondary N) is 2.